The normalized spacial score (nSPS) is 38.2. The van der Waals surface area contributed by atoms with Crippen molar-refractivity contribution in [1.82, 2.24) is 0 Å². The maximum absolute atomic E-state index is 8.97. The lowest BCUT2D eigenvalue weighted by Gasteiger charge is -2.07. The van der Waals surface area contributed by atoms with Gasteiger partial charge in [-0.3, -0.25) is 0 Å². The Balaban J connectivity index is 2.30. The Kier molecular flexibility index (Phi) is 1.86. The predicted molar refractivity (Wildman–Crippen MR) is 30.4 cm³/mol. The highest BCUT2D eigenvalue weighted by molar-refractivity contribution is 4.65. The van der Waals surface area contributed by atoms with Gasteiger partial charge in [0.25, 0.3) is 0 Å². The van der Waals surface area contributed by atoms with Gasteiger partial charge in [0.15, 0.2) is 6.29 Å². The fraction of sp³-hybridized carbons (Fsp3) is 1.00. The summed E-state index contributed by atoms with van der Waals surface area (Å²) in [4.78, 5) is 0. The molecule has 2 nitrogen and oxygen atoms in total. The summed E-state index contributed by atoms with van der Waals surface area (Å²) < 4.78 is 4.91. The van der Waals surface area contributed by atoms with E-state index in [9.17, 15) is 0 Å². The van der Waals surface area contributed by atoms with Crippen molar-refractivity contribution < 1.29 is 9.84 Å². The molecule has 1 aliphatic rings. The first-order valence-corrected chi connectivity index (χ1v) is 3.14. The number of rotatable bonds is 1. The molecule has 1 rings (SSSR count). The lowest BCUT2D eigenvalue weighted by Crippen LogP contribution is -2.12. The number of hydrogen-bond acceptors (Lipinski definition) is 2. The molecule has 0 aliphatic carbocycles. The molecule has 0 bridgehead atoms. The largest absolute Gasteiger partial charge is 0.368 e. The minimum atomic E-state index is -0.472. The fourth-order valence-electron chi connectivity index (χ4n) is 1.02. The second-order valence-electron chi connectivity index (χ2n) is 2.22. The van der Waals surface area contributed by atoms with E-state index in [1.807, 2.05) is 0 Å². The summed E-state index contributed by atoms with van der Waals surface area (Å²) in [6, 6.07) is 0. The van der Waals surface area contributed by atoms with E-state index in [0.29, 0.717) is 5.92 Å². The zero-order valence-corrected chi connectivity index (χ0v) is 5.13. The highest BCUT2D eigenvalue weighted by Gasteiger charge is 2.23. The summed E-state index contributed by atoms with van der Waals surface area (Å²) in [7, 11) is 0. The van der Waals surface area contributed by atoms with Crippen molar-refractivity contribution in [3.63, 3.8) is 0 Å². The van der Waals surface area contributed by atoms with Crippen LogP contribution in [0, 0.1) is 5.92 Å². The number of aliphatic hydroxyl groups excluding tert-OH is 1. The smallest absolute Gasteiger partial charge is 0.157 e. The molecule has 8 heavy (non-hydrogen) atoms. The topological polar surface area (TPSA) is 29.5 Å². The summed E-state index contributed by atoms with van der Waals surface area (Å²) in [5.41, 5.74) is 0. The fourth-order valence-corrected chi connectivity index (χ4v) is 1.02. The number of hydrogen-bond donors (Lipinski definition) is 1. The number of aliphatic hydroxyl groups is 1. The molecular weight excluding hydrogens is 104 g/mol. The molecule has 1 fully saturated rings. The van der Waals surface area contributed by atoms with Crippen LogP contribution in [-0.4, -0.2) is 18.0 Å². The molecule has 1 heterocycles. The van der Waals surface area contributed by atoms with E-state index in [-0.39, 0.29) is 0 Å². The van der Waals surface area contributed by atoms with Crippen LogP contribution in [0.2, 0.25) is 0 Å². The van der Waals surface area contributed by atoms with Crippen molar-refractivity contribution in [3.05, 3.63) is 0 Å². The standard InChI is InChI=1S/C6H12O2/c1-2-5-3-4-8-6(5)7/h5-7H,2-4H2,1H3/t5-,6?/m1/s1. The first kappa shape index (κ1) is 6.05. The van der Waals surface area contributed by atoms with Gasteiger partial charge >= 0.3 is 0 Å². The van der Waals surface area contributed by atoms with Gasteiger partial charge in [0.1, 0.15) is 0 Å². The quantitative estimate of drug-likeness (QED) is 0.547. The van der Waals surface area contributed by atoms with Crippen molar-refractivity contribution in [3.8, 4) is 0 Å². The zero-order valence-electron chi connectivity index (χ0n) is 5.13. The predicted octanol–water partition coefficient (Wildman–Crippen LogP) is 0.751. The van der Waals surface area contributed by atoms with Gasteiger partial charge in [-0.05, 0) is 12.8 Å². The summed E-state index contributed by atoms with van der Waals surface area (Å²) in [6.07, 6.45) is 1.58. The summed E-state index contributed by atoms with van der Waals surface area (Å²) >= 11 is 0. The molecule has 0 aromatic rings. The Morgan fingerprint density at radius 2 is 2.50 bits per heavy atom. The minimum Gasteiger partial charge on any atom is -0.368 e. The van der Waals surface area contributed by atoms with E-state index in [1.54, 1.807) is 0 Å². The average Bonchev–Trinajstić information content (AvgIpc) is 2.14. The Hall–Kier alpha value is -0.0800. The van der Waals surface area contributed by atoms with Gasteiger partial charge in [-0.2, -0.15) is 0 Å². The lowest BCUT2D eigenvalue weighted by molar-refractivity contribution is -0.0825. The lowest BCUT2D eigenvalue weighted by atomic mass is 10.1. The van der Waals surface area contributed by atoms with E-state index < -0.39 is 6.29 Å². The van der Waals surface area contributed by atoms with E-state index >= 15 is 0 Å². The van der Waals surface area contributed by atoms with Crippen LogP contribution in [0.25, 0.3) is 0 Å². The third-order valence-electron chi connectivity index (χ3n) is 1.70. The zero-order chi connectivity index (χ0) is 5.98. The Morgan fingerprint density at radius 3 is 2.75 bits per heavy atom. The Labute approximate surface area is 49.5 Å². The van der Waals surface area contributed by atoms with E-state index in [2.05, 4.69) is 6.92 Å². The molecule has 0 amide bonds. The van der Waals surface area contributed by atoms with Crippen molar-refractivity contribution in [2.45, 2.75) is 26.1 Å². The molecule has 0 aromatic heterocycles. The molecule has 1 N–H and O–H groups in total. The van der Waals surface area contributed by atoms with Crippen LogP contribution in [-0.2, 0) is 4.74 Å². The second-order valence-corrected chi connectivity index (χ2v) is 2.22. The SMILES string of the molecule is CC[C@@H]1CCOC1O. The molecule has 0 radical (unpaired) electrons. The van der Waals surface area contributed by atoms with E-state index in [4.69, 9.17) is 9.84 Å². The van der Waals surface area contributed by atoms with Crippen molar-refractivity contribution in [2.75, 3.05) is 6.61 Å². The highest BCUT2D eigenvalue weighted by Crippen LogP contribution is 2.20. The monoisotopic (exact) mass is 116 g/mol. The van der Waals surface area contributed by atoms with Gasteiger partial charge in [-0.25, -0.2) is 0 Å². The molecule has 2 atom stereocenters. The van der Waals surface area contributed by atoms with Crippen LogP contribution < -0.4 is 0 Å². The summed E-state index contributed by atoms with van der Waals surface area (Å²) in [6.45, 7) is 2.81. The van der Waals surface area contributed by atoms with Crippen LogP contribution in [0.1, 0.15) is 19.8 Å². The summed E-state index contributed by atoms with van der Waals surface area (Å²) in [5.74, 6) is 0.398. The molecule has 48 valence electrons. The molecule has 0 spiro atoms. The molecule has 0 aromatic carbocycles. The maximum atomic E-state index is 8.97. The Bertz CT molecular complexity index is 72.9. The van der Waals surface area contributed by atoms with Gasteiger partial charge < -0.3 is 9.84 Å². The minimum absolute atomic E-state index is 0.398. The third-order valence-corrected chi connectivity index (χ3v) is 1.70. The van der Waals surface area contributed by atoms with Crippen LogP contribution >= 0.6 is 0 Å². The second kappa shape index (κ2) is 2.46. The van der Waals surface area contributed by atoms with Gasteiger partial charge in [0.2, 0.25) is 0 Å². The first-order chi connectivity index (χ1) is 3.84. The molecule has 0 saturated carbocycles. The van der Waals surface area contributed by atoms with Crippen LogP contribution in [0.15, 0.2) is 0 Å². The van der Waals surface area contributed by atoms with Crippen LogP contribution in [0.5, 0.6) is 0 Å². The molecule has 1 aliphatic heterocycles. The third kappa shape index (κ3) is 1.01. The van der Waals surface area contributed by atoms with Crippen molar-refractivity contribution in [1.29, 1.82) is 0 Å². The van der Waals surface area contributed by atoms with E-state index in [1.165, 1.54) is 0 Å². The first-order valence-electron chi connectivity index (χ1n) is 3.14. The highest BCUT2D eigenvalue weighted by atomic mass is 16.6. The van der Waals surface area contributed by atoms with Crippen LogP contribution in [0.4, 0.5) is 0 Å². The van der Waals surface area contributed by atoms with Gasteiger partial charge in [0, 0.05) is 5.92 Å². The molecular formula is C6H12O2. The van der Waals surface area contributed by atoms with Crippen molar-refractivity contribution >= 4 is 0 Å². The maximum Gasteiger partial charge on any atom is 0.157 e. The molecule has 1 saturated heterocycles. The van der Waals surface area contributed by atoms with Crippen LogP contribution in [0.3, 0.4) is 0 Å². The molecule has 1 unspecified atom stereocenters. The number of ether oxygens (including phenoxy) is 1. The van der Waals surface area contributed by atoms with Gasteiger partial charge in [0.05, 0.1) is 6.61 Å². The average molecular weight is 116 g/mol. The Morgan fingerprint density at radius 1 is 1.75 bits per heavy atom. The van der Waals surface area contributed by atoms with Gasteiger partial charge in [-0.1, -0.05) is 6.92 Å². The van der Waals surface area contributed by atoms with Crippen molar-refractivity contribution in [2.24, 2.45) is 5.92 Å². The summed E-state index contributed by atoms with van der Waals surface area (Å²) in [5, 5.41) is 8.97. The molecule has 2 heteroatoms. The van der Waals surface area contributed by atoms with E-state index in [0.717, 1.165) is 19.4 Å². The van der Waals surface area contributed by atoms with Gasteiger partial charge in [-0.15, -0.1) is 0 Å².